The lowest BCUT2D eigenvalue weighted by atomic mass is 9.98. The molecule has 0 saturated heterocycles. The fraction of sp³-hybridized carbons (Fsp3) is 0.364. The molecule has 0 saturated carbocycles. The molecule has 0 radical (unpaired) electrons. The summed E-state index contributed by atoms with van der Waals surface area (Å²) in [4.78, 5) is 11.2. The van der Waals surface area contributed by atoms with Gasteiger partial charge in [0, 0.05) is 0 Å². The Hall–Kier alpha value is -1.51. The smallest absolute Gasteiger partial charge is 0.163 e. The van der Waals surface area contributed by atoms with Gasteiger partial charge in [0.1, 0.15) is 5.75 Å². The van der Waals surface area contributed by atoms with Gasteiger partial charge in [0.2, 0.25) is 0 Å². The zero-order valence-electron chi connectivity index (χ0n) is 8.66. The molecule has 0 aromatic heterocycles. The van der Waals surface area contributed by atoms with Crippen LogP contribution in [0, 0.1) is 0 Å². The molecule has 0 spiro atoms. The standard InChI is InChI=1S/C11H15NO2/c1-6(2)8-4-9(7(3)13)11(14)10(12)5-8/h4-6,14H,12H2,1-3H3. The van der Waals surface area contributed by atoms with Crippen LogP contribution in [0.1, 0.15) is 42.6 Å². The molecule has 0 aliphatic rings. The highest BCUT2D eigenvalue weighted by atomic mass is 16.3. The van der Waals surface area contributed by atoms with Gasteiger partial charge in [-0.2, -0.15) is 0 Å². The van der Waals surface area contributed by atoms with Crippen LogP contribution in [0.4, 0.5) is 5.69 Å². The van der Waals surface area contributed by atoms with Gasteiger partial charge in [-0.1, -0.05) is 13.8 Å². The quantitative estimate of drug-likeness (QED) is 0.430. The first-order chi connectivity index (χ1) is 6.43. The molecule has 3 N–H and O–H groups in total. The van der Waals surface area contributed by atoms with Crippen molar-refractivity contribution >= 4 is 11.5 Å². The first-order valence-corrected chi connectivity index (χ1v) is 4.56. The van der Waals surface area contributed by atoms with E-state index in [0.29, 0.717) is 5.56 Å². The Morgan fingerprint density at radius 2 is 2.00 bits per heavy atom. The Bertz CT molecular complexity index is 370. The van der Waals surface area contributed by atoms with Crippen LogP contribution in [0.15, 0.2) is 12.1 Å². The summed E-state index contributed by atoms with van der Waals surface area (Å²) in [5.74, 6) is 0.00889. The Kier molecular flexibility index (Phi) is 2.79. The van der Waals surface area contributed by atoms with E-state index in [1.165, 1.54) is 6.92 Å². The van der Waals surface area contributed by atoms with E-state index in [-0.39, 0.29) is 23.1 Å². The van der Waals surface area contributed by atoms with E-state index in [2.05, 4.69) is 0 Å². The summed E-state index contributed by atoms with van der Waals surface area (Å²) in [6, 6.07) is 3.39. The molecular formula is C11H15NO2. The van der Waals surface area contributed by atoms with Crippen LogP contribution in [-0.4, -0.2) is 10.9 Å². The third kappa shape index (κ3) is 1.87. The summed E-state index contributed by atoms with van der Waals surface area (Å²) >= 11 is 0. The third-order valence-corrected chi connectivity index (χ3v) is 2.21. The number of carbonyl (C=O) groups is 1. The lowest BCUT2D eigenvalue weighted by Crippen LogP contribution is -2.00. The van der Waals surface area contributed by atoms with E-state index in [1.54, 1.807) is 12.1 Å². The number of phenolic OH excluding ortho intramolecular Hbond substituents is 1. The van der Waals surface area contributed by atoms with Gasteiger partial charge in [0.25, 0.3) is 0 Å². The van der Waals surface area contributed by atoms with Crippen molar-refractivity contribution in [2.75, 3.05) is 5.73 Å². The van der Waals surface area contributed by atoms with Crippen LogP contribution >= 0.6 is 0 Å². The predicted octanol–water partition coefficient (Wildman–Crippen LogP) is 2.30. The van der Waals surface area contributed by atoms with Gasteiger partial charge in [-0.05, 0) is 30.5 Å². The average Bonchev–Trinajstić information content (AvgIpc) is 2.08. The molecule has 0 amide bonds. The fourth-order valence-electron chi connectivity index (χ4n) is 1.28. The van der Waals surface area contributed by atoms with Crippen molar-refractivity contribution < 1.29 is 9.90 Å². The minimum atomic E-state index is -0.170. The van der Waals surface area contributed by atoms with Gasteiger partial charge in [-0.3, -0.25) is 4.79 Å². The Morgan fingerprint density at radius 3 is 2.43 bits per heavy atom. The lowest BCUT2D eigenvalue weighted by molar-refractivity contribution is 0.101. The number of aromatic hydroxyl groups is 1. The number of anilines is 1. The molecular weight excluding hydrogens is 178 g/mol. The Morgan fingerprint density at radius 1 is 1.43 bits per heavy atom. The highest BCUT2D eigenvalue weighted by Gasteiger charge is 2.12. The van der Waals surface area contributed by atoms with Crippen molar-refractivity contribution in [3.05, 3.63) is 23.3 Å². The topological polar surface area (TPSA) is 63.3 Å². The van der Waals surface area contributed by atoms with E-state index in [0.717, 1.165) is 5.56 Å². The SMILES string of the molecule is CC(=O)c1cc(C(C)C)cc(N)c1O. The molecule has 1 aromatic carbocycles. The van der Waals surface area contributed by atoms with E-state index < -0.39 is 0 Å². The normalized spacial score (nSPS) is 10.6. The molecule has 0 bridgehead atoms. The molecule has 3 nitrogen and oxygen atoms in total. The zero-order chi connectivity index (χ0) is 10.9. The fourth-order valence-corrected chi connectivity index (χ4v) is 1.28. The van der Waals surface area contributed by atoms with Crippen LogP contribution in [0.2, 0.25) is 0 Å². The number of ketones is 1. The average molecular weight is 193 g/mol. The van der Waals surface area contributed by atoms with Crippen molar-refractivity contribution in [1.29, 1.82) is 0 Å². The van der Waals surface area contributed by atoms with Gasteiger partial charge < -0.3 is 10.8 Å². The summed E-state index contributed by atoms with van der Waals surface area (Å²) in [6.45, 7) is 5.43. The first kappa shape index (κ1) is 10.6. The zero-order valence-corrected chi connectivity index (χ0v) is 8.66. The highest BCUT2D eigenvalue weighted by molar-refractivity contribution is 5.98. The molecule has 0 aliphatic heterocycles. The largest absolute Gasteiger partial charge is 0.505 e. The number of phenols is 1. The molecule has 0 fully saturated rings. The van der Waals surface area contributed by atoms with Crippen molar-refractivity contribution in [3.8, 4) is 5.75 Å². The van der Waals surface area contributed by atoms with E-state index in [4.69, 9.17) is 5.73 Å². The van der Waals surface area contributed by atoms with Crippen LogP contribution in [0.5, 0.6) is 5.75 Å². The number of nitrogen functional groups attached to an aromatic ring is 1. The summed E-state index contributed by atoms with van der Waals surface area (Å²) in [6.07, 6.45) is 0. The van der Waals surface area contributed by atoms with E-state index >= 15 is 0 Å². The Labute approximate surface area is 83.6 Å². The van der Waals surface area contributed by atoms with Crippen molar-refractivity contribution in [2.24, 2.45) is 0 Å². The second-order valence-corrected chi connectivity index (χ2v) is 3.72. The maximum absolute atomic E-state index is 11.2. The van der Waals surface area contributed by atoms with E-state index in [1.807, 2.05) is 13.8 Å². The minimum absolute atomic E-state index is 0.109. The molecule has 1 rings (SSSR count). The van der Waals surface area contributed by atoms with Crippen molar-refractivity contribution in [3.63, 3.8) is 0 Å². The van der Waals surface area contributed by atoms with Crippen molar-refractivity contribution in [1.82, 2.24) is 0 Å². The van der Waals surface area contributed by atoms with Crippen LogP contribution in [-0.2, 0) is 0 Å². The molecule has 3 heteroatoms. The molecule has 0 heterocycles. The van der Waals surface area contributed by atoms with Crippen molar-refractivity contribution in [2.45, 2.75) is 26.7 Å². The second-order valence-electron chi connectivity index (χ2n) is 3.72. The van der Waals surface area contributed by atoms with Gasteiger partial charge in [0.05, 0.1) is 11.3 Å². The maximum atomic E-state index is 11.2. The maximum Gasteiger partial charge on any atom is 0.163 e. The van der Waals surface area contributed by atoms with E-state index in [9.17, 15) is 9.90 Å². The highest BCUT2D eigenvalue weighted by Crippen LogP contribution is 2.30. The number of Topliss-reactive ketones (excluding diaryl/α,β-unsaturated/α-hetero) is 1. The molecule has 0 atom stereocenters. The van der Waals surface area contributed by atoms with Gasteiger partial charge in [-0.25, -0.2) is 0 Å². The second kappa shape index (κ2) is 3.70. The van der Waals surface area contributed by atoms with Crippen LogP contribution < -0.4 is 5.73 Å². The van der Waals surface area contributed by atoms with Gasteiger partial charge in [0.15, 0.2) is 5.78 Å². The number of hydrogen-bond acceptors (Lipinski definition) is 3. The monoisotopic (exact) mass is 193 g/mol. The number of nitrogens with two attached hydrogens (primary N) is 1. The Balaban J connectivity index is 3.35. The first-order valence-electron chi connectivity index (χ1n) is 4.56. The van der Waals surface area contributed by atoms with Crippen LogP contribution in [0.25, 0.3) is 0 Å². The summed E-state index contributed by atoms with van der Waals surface area (Å²) in [7, 11) is 0. The molecule has 0 unspecified atom stereocenters. The summed E-state index contributed by atoms with van der Waals surface area (Å²) in [5.41, 5.74) is 7.12. The number of rotatable bonds is 2. The molecule has 0 aliphatic carbocycles. The number of carbonyl (C=O) groups excluding carboxylic acids is 1. The molecule has 1 aromatic rings. The summed E-state index contributed by atoms with van der Waals surface area (Å²) < 4.78 is 0. The number of hydrogen-bond donors (Lipinski definition) is 2. The molecule has 76 valence electrons. The number of benzene rings is 1. The predicted molar refractivity (Wildman–Crippen MR) is 56.6 cm³/mol. The minimum Gasteiger partial charge on any atom is -0.505 e. The van der Waals surface area contributed by atoms with Crippen LogP contribution in [0.3, 0.4) is 0 Å². The summed E-state index contributed by atoms with van der Waals surface area (Å²) in [5, 5.41) is 9.53. The molecule has 14 heavy (non-hydrogen) atoms. The van der Waals surface area contributed by atoms with Gasteiger partial charge in [-0.15, -0.1) is 0 Å². The lowest BCUT2D eigenvalue weighted by Gasteiger charge is -2.10. The van der Waals surface area contributed by atoms with Gasteiger partial charge >= 0.3 is 0 Å². The third-order valence-electron chi connectivity index (χ3n) is 2.21.